The molecule has 0 saturated heterocycles. The number of likely N-dealkylation sites (N-methyl/N-ethyl adjacent to an activating group) is 1. The predicted molar refractivity (Wildman–Crippen MR) is 115 cm³/mol. The van der Waals surface area contributed by atoms with Gasteiger partial charge in [0.25, 0.3) is 5.91 Å². The SMILES string of the molecule is Cc1nc(C(=O)NCCCc2ccccc2)cc(N(C)CCc2ccncc2)n1. The van der Waals surface area contributed by atoms with Gasteiger partial charge in [-0.2, -0.15) is 0 Å². The summed E-state index contributed by atoms with van der Waals surface area (Å²) in [6.07, 6.45) is 6.29. The molecule has 3 rings (SSSR count). The van der Waals surface area contributed by atoms with Gasteiger partial charge in [0.1, 0.15) is 17.3 Å². The van der Waals surface area contributed by atoms with Crippen molar-refractivity contribution in [1.82, 2.24) is 20.3 Å². The van der Waals surface area contributed by atoms with E-state index in [2.05, 4.69) is 32.4 Å². The van der Waals surface area contributed by atoms with Gasteiger partial charge in [0.2, 0.25) is 0 Å². The lowest BCUT2D eigenvalue weighted by molar-refractivity contribution is 0.0948. The fourth-order valence-corrected chi connectivity index (χ4v) is 3.05. The van der Waals surface area contributed by atoms with Crippen LogP contribution >= 0.6 is 0 Å². The summed E-state index contributed by atoms with van der Waals surface area (Å²) < 4.78 is 0. The van der Waals surface area contributed by atoms with Crippen LogP contribution in [0.1, 0.15) is 33.9 Å². The quantitative estimate of drug-likeness (QED) is 0.569. The molecule has 3 aromatic rings. The number of carbonyl (C=O) groups excluding carboxylic acids is 1. The number of nitrogens with one attached hydrogen (secondary N) is 1. The minimum atomic E-state index is -0.160. The van der Waals surface area contributed by atoms with Crippen molar-refractivity contribution in [3.05, 3.63) is 83.6 Å². The van der Waals surface area contributed by atoms with Crippen molar-refractivity contribution in [1.29, 1.82) is 0 Å². The van der Waals surface area contributed by atoms with Crippen molar-refractivity contribution in [2.75, 3.05) is 25.0 Å². The lowest BCUT2D eigenvalue weighted by Gasteiger charge is -2.19. The standard InChI is InChI=1S/C23H27N5O/c1-18-26-21(23(29)25-13-6-9-19-7-4-3-5-8-19)17-22(27-18)28(2)16-12-20-10-14-24-15-11-20/h3-5,7-8,10-11,14-15,17H,6,9,12-13,16H2,1-2H3,(H,25,29). The van der Waals surface area contributed by atoms with E-state index in [4.69, 9.17) is 0 Å². The zero-order chi connectivity index (χ0) is 20.5. The number of nitrogens with zero attached hydrogens (tertiary/aromatic N) is 4. The molecule has 2 aromatic heterocycles. The number of aromatic nitrogens is 3. The van der Waals surface area contributed by atoms with Gasteiger partial charge in [-0.15, -0.1) is 0 Å². The first kappa shape index (κ1) is 20.5. The molecular weight excluding hydrogens is 362 g/mol. The lowest BCUT2D eigenvalue weighted by Crippen LogP contribution is -2.27. The molecule has 1 aromatic carbocycles. The number of pyridine rings is 1. The molecule has 6 nitrogen and oxygen atoms in total. The summed E-state index contributed by atoms with van der Waals surface area (Å²) >= 11 is 0. The fraction of sp³-hybridized carbons (Fsp3) is 0.304. The molecule has 1 N–H and O–H groups in total. The van der Waals surface area contributed by atoms with Crippen LogP contribution in [0.3, 0.4) is 0 Å². The Morgan fingerprint density at radius 2 is 1.72 bits per heavy atom. The van der Waals surface area contributed by atoms with Crippen molar-refractivity contribution in [2.45, 2.75) is 26.2 Å². The largest absolute Gasteiger partial charge is 0.359 e. The Morgan fingerprint density at radius 3 is 2.48 bits per heavy atom. The van der Waals surface area contributed by atoms with Crippen LogP contribution in [0.4, 0.5) is 5.82 Å². The van der Waals surface area contributed by atoms with E-state index in [1.165, 1.54) is 11.1 Å². The zero-order valence-corrected chi connectivity index (χ0v) is 17.0. The maximum atomic E-state index is 12.5. The molecule has 0 spiro atoms. The maximum Gasteiger partial charge on any atom is 0.270 e. The number of hydrogen-bond acceptors (Lipinski definition) is 5. The summed E-state index contributed by atoms with van der Waals surface area (Å²) in [6.45, 7) is 3.22. The summed E-state index contributed by atoms with van der Waals surface area (Å²) in [5.74, 6) is 1.18. The van der Waals surface area contributed by atoms with Crippen molar-refractivity contribution in [3.63, 3.8) is 0 Å². The molecule has 29 heavy (non-hydrogen) atoms. The third kappa shape index (κ3) is 6.38. The molecule has 0 aliphatic rings. The summed E-state index contributed by atoms with van der Waals surface area (Å²) in [7, 11) is 1.98. The Hall–Kier alpha value is -3.28. The summed E-state index contributed by atoms with van der Waals surface area (Å²) in [4.78, 5) is 27.4. The van der Waals surface area contributed by atoms with E-state index in [1.54, 1.807) is 18.5 Å². The van der Waals surface area contributed by atoms with Gasteiger partial charge in [-0.05, 0) is 49.4 Å². The minimum absolute atomic E-state index is 0.160. The molecule has 0 atom stereocenters. The molecule has 150 valence electrons. The van der Waals surface area contributed by atoms with Crippen molar-refractivity contribution in [3.8, 4) is 0 Å². The average molecular weight is 390 g/mol. The van der Waals surface area contributed by atoms with Gasteiger partial charge < -0.3 is 10.2 Å². The van der Waals surface area contributed by atoms with E-state index in [-0.39, 0.29) is 5.91 Å². The third-order valence-electron chi connectivity index (χ3n) is 4.70. The first-order valence-corrected chi connectivity index (χ1v) is 9.89. The first-order valence-electron chi connectivity index (χ1n) is 9.89. The van der Waals surface area contributed by atoms with Crippen LogP contribution in [0.2, 0.25) is 0 Å². The van der Waals surface area contributed by atoms with Gasteiger partial charge in [-0.3, -0.25) is 9.78 Å². The second kappa shape index (κ2) is 10.3. The van der Waals surface area contributed by atoms with Crippen LogP contribution in [-0.2, 0) is 12.8 Å². The lowest BCUT2D eigenvalue weighted by atomic mass is 10.1. The average Bonchev–Trinajstić information content (AvgIpc) is 2.76. The summed E-state index contributed by atoms with van der Waals surface area (Å²) in [5.41, 5.74) is 2.90. The van der Waals surface area contributed by atoms with Gasteiger partial charge in [0.05, 0.1) is 0 Å². The number of hydrogen-bond donors (Lipinski definition) is 1. The summed E-state index contributed by atoms with van der Waals surface area (Å²) in [5, 5.41) is 2.97. The Kier molecular flexibility index (Phi) is 7.28. The molecule has 1 amide bonds. The second-order valence-electron chi connectivity index (χ2n) is 7.03. The topological polar surface area (TPSA) is 71.0 Å². The van der Waals surface area contributed by atoms with Crippen LogP contribution in [0.15, 0.2) is 60.9 Å². The molecule has 0 unspecified atom stereocenters. The van der Waals surface area contributed by atoms with Crippen molar-refractivity contribution in [2.24, 2.45) is 0 Å². The van der Waals surface area contributed by atoms with E-state index in [1.807, 2.05) is 49.2 Å². The van der Waals surface area contributed by atoms with Crippen LogP contribution in [0, 0.1) is 6.92 Å². The Bertz CT molecular complexity index is 915. The smallest absolute Gasteiger partial charge is 0.270 e. The highest BCUT2D eigenvalue weighted by molar-refractivity contribution is 5.92. The van der Waals surface area contributed by atoms with Gasteiger partial charge in [0, 0.05) is 38.6 Å². The van der Waals surface area contributed by atoms with Crippen LogP contribution in [0.5, 0.6) is 0 Å². The second-order valence-corrected chi connectivity index (χ2v) is 7.03. The van der Waals surface area contributed by atoms with E-state index in [9.17, 15) is 4.79 Å². The number of carbonyl (C=O) groups is 1. The van der Waals surface area contributed by atoms with Gasteiger partial charge >= 0.3 is 0 Å². The highest BCUT2D eigenvalue weighted by Gasteiger charge is 2.12. The molecular formula is C23H27N5O. The Labute approximate surface area is 172 Å². The molecule has 6 heteroatoms. The Balaban J connectivity index is 1.53. The van der Waals surface area contributed by atoms with Crippen LogP contribution in [0.25, 0.3) is 0 Å². The van der Waals surface area contributed by atoms with Crippen LogP contribution < -0.4 is 10.2 Å². The van der Waals surface area contributed by atoms with Gasteiger partial charge in [-0.1, -0.05) is 30.3 Å². The van der Waals surface area contributed by atoms with E-state index >= 15 is 0 Å². The molecule has 0 aliphatic carbocycles. The zero-order valence-electron chi connectivity index (χ0n) is 17.0. The minimum Gasteiger partial charge on any atom is -0.359 e. The number of benzene rings is 1. The molecule has 0 aliphatic heterocycles. The highest BCUT2D eigenvalue weighted by atomic mass is 16.1. The maximum absolute atomic E-state index is 12.5. The van der Waals surface area contributed by atoms with E-state index in [0.29, 0.717) is 18.1 Å². The number of rotatable bonds is 9. The molecule has 0 fully saturated rings. The molecule has 0 saturated carbocycles. The number of anilines is 1. The number of aryl methyl sites for hydroxylation is 2. The monoisotopic (exact) mass is 389 g/mol. The van der Waals surface area contributed by atoms with Gasteiger partial charge in [0.15, 0.2) is 0 Å². The fourth-order valence-electron chi connectivity index (χ4n) is 3.05. The summed E-state index contributed by atoms with van der Waals surface area (Å²) in [6, 6.07) is 16.0. The van der Waals surface area contributed by atoms with Crippen LogP contribution in [-0.4, -0.2) is 41.0 Å². The normalized spacial score (nSPS) is 10.6. The van der Waals surface area contributed by atoms with Crippen molar-refractivity contribution < 1.29 is 4.79 Å². The first-order chi connectivity index (χ1) is 14.1. The third-order valence-corrected chi connectivity index (χ3v) is 4.70. The number of amides is 1. The van der Waals surface area contributed by atoms with Gasteiger partial charge in [-0.25, -0.2) is 9.97 Å². The molecule has 2 heterocycles. The Morgan fingerprint density at radius 1 is 1.00 bits per heavy atom. The van der Waals surface area contributed by atoms with E-state index in [0.717, 1.165) is 31.6 Å². The van der Waals surface area contributed by atoms with Crippen molar-refractivity contribution >= 4 is 11.7 Å². The van der Waals surface area contributed by atoms with E-state index < -0.39 is 0 Å². The molecule has 0 radical (unpaired) electrons. The molecule has 0 bridgehead atoms. The highest BCUT2D eigenvalue weighted by Crippen LogP contribution is 2.12. The predicted octanol–water partition coefficient (Wildman–Crippen LogP) is 3.22.